The van der Waals surface area contributed by atoms with Gasteiger partial charge < -0.3 is 19.3 Å². The highest BCUT2D eigenvalue weighted by atomic mass is 16.6. The first kappa shape index (κ1) is 25.8. The van der Waals surface area contributed by atoms with E-state index in [9.17, 15) is 5.11 Å². The minimum atomic E-state index is -0.463. The topological polar surface area (TPSA) is 57.8 Å². The van der Waals surface area contributed by atoms with E-state index < -0.39 is 5.60 Å². The molecule has 7 rings (SSSR count). The van der Waals surface area contributed by atoms with Crippen molar-refractivity contribution < 1.29 is 19.3 Å². The lowest BCUT2D eigenvalue weighted by Gasteiger charge is -2.43. The molecule has 13 unspecified atom stereocenters. The van der Waals surface area contributed by atoms with E-state index in [1.807, 2.05) is 0 Å². The Labute approximate surface area is 226 Å². The van der Waals surface area contributed by atoms with Gasteiger partial charge in [0.15, 0.2) is 0 Å². The number of rotatable bonds is 8. The van der Waals surface area contributed by atoms with E-state index in [0.29, 0.717) is 24.2 Å². The Morgan fingerprint density at radius 3 is 1.89 bits per heavy atom. The van der Waals surface area contributed by atoms with Crippen LogP contribution in [0, 0.1) is 35.5 Å². The normalized spacial score (nSPS) is 55.9. The van der Waals surface area contributed by atoms with Crippen LogP contribution in [0.15, 0.2) is 0 Å². The fraction of sp³-hybridized carbons (Fsp3) is 1.00. The fourth-order valence-corrected chi connectivity index (χ4v) is 10.8. The van der Waals surface area contributed by atoms with Crippen LogP contribution in [0.25, 0.3) is 0 Å². The van der Waals surface area contributed by atoms with Gasteiger partial charge in [0.1, 0.15) is 0 Å². The number of ether oxygens (including phenoxy) is 3. The first-order chi connectivity index (χ1) is 17.6. The molecule has 1 N–H and O–H groups in total. The molecule has 13 atom stereocenters. The van der Waals surface area contributed by atoms with Crippen LogP contribution >= 0.6 is 0 Å². The van der Waals surface area contributed by atoms with Crippen LogP contribution in [-0.2, 0) is 14.2 Å². The van der Waals surface area contributed by atoms with Crippen LogP contribution < -0.4 is 0 Å². The molecule has 3 heterocycles. The summed E-state index contributed by atoms with van der Waals surface area (Å²) in [5, 5.41) is 11.0. The SMILES string of the molecule is CC1(O)CCCC(C(CCCC(C2CCC3OC3(C)C2)C2CCCC3(C)OC23)C2CCC3OC3(C)C2)C1. The molecule has 0 amide bonds. The summed E-state index contributed by atoms with van der Waals surface area (Å²) in [5.74, 6) is 4.58. The Hall–Kier alpha value is -0.160. The Kier molecular flexibility index (Phi) is 6.22. The van der Waals surface area contributed by atoms with Crippen LogP contribution in [0.2, 0.25) is 0 Å². The third-order valence-electron chi connectivity index (χ3n) is 13.0. The summed E-state index contributed by atoms with van der Waals surface area (Å²) in [6.45, 7) is 9.22. The molecule has 0 spiro atoms. The maximum absolute atomic E-state index is 11.0. The van der Waals surface area contributed by atoms with Crippen molar-refractivity contribution in [2.24, 2.45) is 35.5 Å². The van der Waals surface area contributed by atoms with Crippen molar-refractivity contribution in [3.8, 4) is 0 Å². The van der Waals surface area contributed by atoms with Gasteiger partial charge in [-0.1, -0.05) is 19.3 Å². The summed E-state index contributed by atoms with van der Waals surface area (Å²) in [6.07, 6.45) is 21.9. The van der Waals surface area contributed by atoms with Crippen molar-refractivity contribution >= 4 is 0 Å². The summed E-state index contributed by atoms with van der Waals surface area (Å²) in [5.41, 5.74) is 0.0647. The molecule has 7 fully saturated rings. The van der Waals surface area contributed by atoms with Crippen molar-refractivity contribution in [2.75, 3.05) is 0 Å². The molecule has 0 aromatic heterocycles. The molecular weight excluding hydrogens is 460 g/mol. The van der Waals surface area contributed by atoms with Gasteiger partial charge in [-0.25, -0.2) is 0 Å². The van der Waals surface area contributed by atoms with Gasteiger partial charge in [-0.2, -0.15) is 0 Å². The smallest absolute Gasteiger partial charge is 0.0923 e. The predicted molar refractivity (Wildman–Crippen MR) is 145 cm³/mol. The predicted octanol–water partition coefficient (Wildman–Crippen LogP) is 7.20. The van der Waals surface area contributed by atoms with E-state index in [4.69, 9.17) is 14.2 Å². The highest BCUT2D eigenvalue weighted by Crippen LogP contribution is 2.59. The van der Waals surface area contributed by atoms with Crippen molar-refractivity contribution in [3.05, 3.63) is 0 Å². The van der Waals surface area contributed by atoms with Crippen molar-refractivity contribution in [3.63, 3.8) is 0 Å². The Morgan fingerprint density at radius 1 is 0.649 bits per heavy atom. The van der Waals surface area contributed by atoms with E-state index in [-0.39, 0.29) is 16.8 Å². The zero-order valence-electron chi connectivity index (χ0n) is 24.2. The Bertz CT molecular complexity index is 864. The molecule has 0 radical (unpaired) electrons. The van der Waals surface area contributed by atoms with Crippen molar-refractivity contribution in [2.45, 2.75) is 171 Å². The average molecular weight is 515 g/mol. The summed E-state index contributed by atoms with van der Waals surface area (Å²) in [4.78, 5) is 0. The fourth-order valence-electron chi connectivity index (χ4n) is 10.8. The minimum Gasteiger partial charge on any atom is -0.390 e. The highest BCUT2D eigenvalue weighted by molar-refractivity contribution is 5.10. The maximum Gasteiger partial charge on any atom is 0.0923 e. The molecule has 4 aliphatic carbocycles. The summed E-state index contributed by atoms with van der Waals surface area (Å²) < 4.78 is 18.7. The van der Waals surface area contributed by atoms with Gasteiger partial charge in [0.05, 0.1) is 40.7 Å². The molecule has 4 nitrogen and oxygen atoms in total. The molecule has 37 heavy (non-hydrogen) atoms. The second kappa shape index (κ2) is 8.92. The standard InChI is InChI=1S/C33H54O4/c1-30(34)16-6-8-21(18-30)24(22-12-14-27-32(3,19-22)35-27)9-5-10-25(23-13-15-28-33(4,20-23)36-28)26-11-7-17-31(2)29(26)37-31/h21-29,34H,5-20H2,1-4H3. The number of epoxide rings is 3. The lowest BCUT2D eigenvalue weighted by atomic mass is 9.62. The molecule has 4 heteroatoms. The van der Waals surface area contributed by atoms with Gasteiger partial charge in [-0.05, 0) is 147 Å². The van der Waals surface area contributed by atoms with Crippen LogP contribution in [0.5, 0.6) is 0 Å². The lowest BCUT2D eigenvalue weighted by molar-refractivity contribution is -0.0241. The van der Waals surface area contributed by atoms with Gasteiger partial charge in [0.25, 0.3) is 0 Å². The average Bonchev–Trinajstić information content (AvgIpc) is 3.76. The number of aliphatic hydroxyl groups is 1. The van der Waals surface area contributed by atoms with Crippen LogP contribution in [-0.4, -0.2) is 45.8 Å². The molecule has 0 aromatic carbocycles. The van der Waals surface area contributed by atoms with E-state index in [2.05, 4.69) is 27.7 Å². The molecule has 7 aliphatic rings. The molecule has 4 saturated carbocycles. The molecule has 210 valence electrons. The van der Waals surface area contributed by atoms with Crippen molar-refractivity contribution in [1.82, 2.24) is 0 Å². The van der Waals surface area contributed by atoms with Gasteiger partial charge in [0.2, 0.25) is 0 Å². The van der Waals surface area contributed by atoms with Crippen LogP contribution in [0.3, 0.4) is 0 Å². The third kappa shape index (κ3) is 4.87. The monoisotopic (exact) mass is 514 g/mol. The highest BCUT2D eigenvalue weighted by Gasteiger charge is 2.62. The van der Waals surface area contributed by atoms with Gasteiger partial charge in [-0.15, -0.1) is 0 Å². The third-order valence-corrected chi connectivity index (χ3v) is 13.0. The van der Waals surface area contributed by atoms with Gasteiger partial charge in [0, 0.05) is 0 Å². The van der Waals surface area contributed by atoms with Crippen molar-refractivity contribution in [1.29, 1.82) is 0 Å². The summed E-state index contributed by atoms with van der Waals surface area (Å²) >= 11 is 0. The summed E-state index contributed by atoms with van der Waals surface area (Å²) in [6, 6.07) is 0. The Balaban J connectivity index is 1.06. The lowest BCUT2D eigenvalue weighted by Crippen LogP contribution is -2.39. The zero-order chi connectivity index (χ0) is 25.6. The molecule has 0 bridgehead atoms. The number of hydrogen-bond donors (Lipinski definition) is 1. The van der Waals surface area contributed by atoms with Gasteiger partial charge >= 0.3 is 0 Å². The van der Waals surface area contributed by atoms with Crippen LogP contribution in [0.1, 0.15) is 130 Å². The first-order valence-electron chi connectivity index (χ1n) is 16.3. The van der Waals surface area contributed by atoms with E-state index >= 15 is 0 Å². The minimum absolute atomic E-state index is 0.162. The number of hydrogen-bond acceptors (Lipinski definition) is 4. The maximum atomic E-state index is 11.0. The van der Waals surface area contributed by atoms with Crippen LogP contribution in [0.4, 0.5) is 0 Å². The van der Waals surface area contributed by atoms with E-state index in [1.54, 1.807) is 0 Å². The molecular formula is C33H54O4. The zero-order valence-corrected chi connectivity index (χ0v) is 24.2. The molecule has 3 saturated heterocycles. The molecule has 0 aromatic rings. The van der Waals surface area contributed by atoms with E-state index in [0.717, 1.165) is 42.4 Å². The Morgan fingerprint density at radius 2 is 1.24 bits per heavy atom. The first-order valence-corrected chi connectivity index (χ1v) is 16.3. The summed E-state index contributed by atoms with van der Waals surface area (Å²) in [7, 11) is 0. The largest absolute Gasteiger partial charge is 0.390 e. The second-order valence-electron chi connectivity index (χ2n) is 15.9. The molecule has 3 aliphatic heterocycles. The van der Waals surface area contributed by atoms with Gasteiger partial charge in [-0.3, -0.25) is 0 Å². The second-order valence-corrected chi connectivity index (χ2v) is 15.9. The quantitative estimate of drug-likeness (QED) is 0.348. The van der Waals surface area contributed by atoms with E-state index in [1.165, 1.54) is 89.9 Å². The number of fused-ring (bicyclic) bond motifs is 3.